The number of rotatable bonds is 4. The summed E-state index contributed by atoms with van der Waals surface area (Å²) in [6, 6.07) is 0. The fourth-order valence-corrected chi connectivity index (χ4v) is 6.29. The molecular formula is C6H18O2Si2. The lowest BCUT2D eigenvalue weighted by Crippen LogP contribution is -2.32. The Bertz CT molecular complexity index is 86.2. The van der Waals surface area contributed by atoms with E-state index in [1.165, 1.54) is 5.67 Å². The summed E-state index contributed by atoms with van der Waals surface area (Å²) >= 11 is 0. The Labute approximate surface area is 66.4 Å². The number of hydrogen-bond donors (Lipinski definition) is 0. The van der Waals surface area contributed by atoms with Gasteiger partial charge in [0.25, 0.3) is 0 Å². The molecule has 0 saturated carbocycles. The van der Waals surface area contributed by atoms with Crippen molar-refractivity contribution in [3.05, 3.63) is 0 Å². The molecular weight excluding hydrogens is 160 g/mol. The third-order valence-electron chi connectivity index (χ3n) is 1.30. The van der Waals surface area contributed by atoms with Gasteiger partial charge in [-0.05, 0) is 5.67 Å². The summed E-state index contributed by atoms with van der Waals surface area (Å²) < 4.78 is 10.5. The van der Waals surface area contributed by atoms with Gasteiger partial charge >= 0.3 is 9.28 Å². The summed E-state index contributed by atoms with van der Waals surface area (Å²) in [7, 11) is 1.30. The van der Waals surface area contributed by atoms with Crippen LogP contribution >= 0.6 is 0 Å². The van der Waals surface area contributed by atoms with Crippen LogP contribution in [0.1, 0.15) is 0 Å². The van der Waals surface area contributed by atoms with Crippen molar-refractivity contribution in [3.63, 3.8) is 0 Å². The van der Waals surface area contributed by atoms with E-state index in [1.807, 2.05) is 0 Å². The van der Waals surface area contributed by atoms with Gasteiger partial charge < -0.3 is 8.85 Å². The van der Waals surface area contributed by atoms with Gasteiger partial charge in [-0.1, -0.05) is 19.6 Å². The minimum Gasteiger partial charge on any atom is -0.400 e. The maximum atomic E-state index is 5.23. The van der Waals surface area contributed by atoms with Crippen LogP contribution < -0.4 is 0 Å². The Balaban J connectivity index is 3.63. The molecule has 0 spiro atoms. The van der Waals surface area contributed by atoms with Gasteiger partial charge in [0.2, 0.25) is 0 Å². The Morgan fingerprint density at radius 3 is 1.60 bits per heavy atom. The molecule has 0 saturated heterocycles. The zero-order valence-electron chi connectivity index (χ0n) is 7.60. The van der Waals surface area contributed by atoms with E-state index in [4.69, 9.17) is 8.85 Å². The molecule has 2 nitrogen and oxygen atoms in total. The molecule has 0 bridgehead atoms. The van der Waals surface area contributed by atoms with Crippen LogP contribution in [0.3, 0.4) is 0 Å². The van der Waals surface area contributed by atoms with Crippen LogP contribution in [0.25, 0.3) is 0 Å². The molecule has 0 aromatic heterocycles. The molecule has 4 heteroatoms. The molecule has 0 aromatic carbocycles. The highest BCUT2D eigenvalue weighted by Gasteiger charge is 2.21. The first-order chi connectivity index (χ1) is 4.49. The predicted octanol–water partition coefficient (Wildman–Crippen LogP) is 1.38. The molecule has 0 atom stereocenters. The first kappa shape index (κ1) is 10.4. The lowest BCUT2D eigenvalue weighted by Gasteiger charge is -2.19. The Morgan fingerprint density at radius 2 is 1.50 bits per heavy atom. The van der Waals surface area contributed by atoms with E-state index in [0.29, 0.717) is 0 Å². The van der Waals surface area contributed by atoms with Crippen molar-refractivity contribution in [1.82, 2.24) is 0 Å². The van der Waals surface area contributed by atoms with Gasteiger partial charge in [-0.15, -0.1) is 0 Å². The average Bonchev–Trinajstić information content (AvgIpc) is 1.81. The topological polar surface area (TPSA) is 18.5 Å². The van der Waals surface area contributed by atoms with Crippen LogP contribution in [0.4, 0.5) is 0 Å². The molecule has 62 valence electrons. The molecule has 0 aliphatic rings. The van der Waals surface area contributed by atoms with Crippen LogP contribution in [-0.4, -0.2) is 31.6 Å². The molecule has 0 aromatic rings. The van der Waals surface area contributed by atoms with Crippen LogP contribution in [-0.2, 0) is 8.85 Å². The van der Waals surface area contributed by atoms with Crippen LogP contribution in [0.2, 0.25) is 25.3 Å². The summed E-state index contributed by atoms with van der Waals surface area (Å²) in [5, 5.41) is 0. The minimum atomic E-state index is -1.26. The summed E-state index contributed by atoms with van der Waals surface area (Å²) in [5.74, 6) is 0. The van der Waals surface area contributed by atoms with Gasteiger partial charge in [-0.2, -0.15) is 0 Å². The minimum absolute atomic E-state index is 0.951. The Hall–Kier alpha value is 0.354. The highest BCUT2D eigenvalue weighted by Crippen LogP contribution is 2.10. The van der Waals surface area contributed by atoms with Crippen molar-refractivity contribution in [1.29, 1.82) is 0 Å². The molecule has 0 rings (SSSR count). The summed E-state index contributed by atoms with van der Waals surface area (Å²) in [5.41, 5.74) is 1.21. The highest BCUT2D eigenvalue weighted by molar-refractivity contribution is 6.84. The lowest BCUT2D eigenvalue weighted by atomic mass is 11.7. The summed E-state index contributed by atoms with van der Waals surface area (Å²) in [6.45, 7) is 7.02. The summed E-state index contributed by atoms with van der Waals surface area (Å²) in [4.78, 5) is 0. The molecule has 0 radical (unpaired) electrons. The third-order valence-corrected chi connectivity index (χ3v) is 8.59. The van der Waals surface area contributed by atoms with Crippen molar-refractivity contribution in [2.24, 2.45) is 0 Å². The molecule has 10 heavy (non-hydrogen) atoms. The largest absolute Gasteiger partial charge is 0.400 e. The zero-order chi connectivity index (χ0) is 8.20. The molecule has 0 N–H and O–H groups in total. The second-order valence-electron chi connectivity index (χ2n) is 3.67. The van der Waals surface area contributed by atoms with Crippen molar-refractivity contribution < 1.29 is 8.85 Å². The molecule has 0 fully saturated rings. The highest BCUT2D eigenvalue weighted by atomic mass is 28.4. The maximum Gasteiger partial charge on any atom is 0.318 e. The SMILES string of the molecule is CO[SiH](C[Si](C)(C)C)OC. The van der Waals surface area contributed by atoms with E-state index in [1.54, 1.807) is 14.2 Å². The van der Waals surface area contributed by atoms with Gasteiger partial charge in [0.1, 0.15) is 0 Å². The average molecular weight is 178 g/mol. The van der Waals surface area contributed by atoms with Gasteiger partial charge in [0, 0.05) is 22.3 Å². The predicted molar refractivity (Wildman–Crippen MR) is 49.3 cm³/mol. The van der Waals surface area contributed by atoms with E-state index < -0.39 is 17.4 Å². The summed E-state index contributed by atoms with van der Waals surface area (Å²) in [6.07, 6.45) is 0. The maximum absolute atomic E-state index is 5.23. The van der Waals surface area contributed by atoms with E-state index in [0.717, 1.165) is 0 Å². The standard InChI is InChI=1S/C6H18O2Si2/c1-7-9(8-2)6-10(3,4)5/h9H,6H2,1-5H3. The van der Waals surface area contributed by atoms with E-state index in [2.05, 4.69) is 19.6 Å². The second-order valence-corrected chi connectivity index (χ2v) is 12.2. The van der Waals surface area contributed by atoms with Gasteiger partial charge in [-0.25, -0.2) is 0 Å². The molecule has 0 aliphatic carbocycles. The van der Waals surface area contributed by atoms with Crippen LogP contribution in [0, 0.1) is 0 Å². The zero-order valence-corrected chi connectivity index (χ0v) is 9.76. The Morgan fingerprint density at radius 1 is 1.10 bits per heavy atom. The first-order valence-corrected chi connectivity index (χ1v) is 9.02. The fourth-order valence-electron chi connectivity index (χ4n) is 0.763. The monoisotopic (exact) mass is 178 g/mol. The van der Waals surface area contributed by atoms with Crippen molar-refractivity contribution in [2.75, 3.05) is 14.2 Å². The van der Waals surface area contributed by atoms with E-state index in [9.17, 15) is 0 Å². The Kier molecular flexibility index (Phi) is 4.43. The van der Waals surface area contributed by atoms with Gasteiger partial charge in [-0.3, -0.25) is 0 Å². The van der Waals surface area contributed by atoms with Crippen molar-refractivity contribution >= 4 is 17.4 Å². The third kappa shape index (κ3) is 5.16. The quantitative estimate of drug-likeness (QED) is 0.606. The van der Waals surface area contributed by atoms with Crippen molar-refractivity contribution in [2.45, 2.75) is 25.3 Å². The molecule has 0 amide bonds. The second kappa shape index (κ2) is 4.28. The van der Waals surface area contributed by atoms with Gasteiger partial charge in [0.15, 0.2) is 0 Å². The fraction of sp³-hybridized carbons (Fsp3) is 1.00. The van der Waals surface area contributed by atoms with Crippen LogP contribution in [0.15, 0.2) is 0 Å². The van der Waals surface area contributed by atoms with Crippen molar-refractivity contribution in [3.8, 4) is 0 Å². The number of hydrogen-bond acceptors (Lipinski definition) is 2. The first-order valence-electron chi connectivity index (χ1n) is 3.55. The normalized spacial score (nSPS) is 12.6. The molecule has 0 heterocycles. The smallest absolute Gasteiger partial charge is 0.318 e. The van der Waals surface area contributed by atoms with Crippen LogP contribution in [0.5, 0.6) is 0 Å². The lowest BCUT2D eigenvalue weighted by molar-refractivity contribution is 0.282. The van der Waals surface area contributed by atoms with Gasteiger partial charge in [0.05, 0.1) is 0 Å². The van der Waals surface area contributed by atoms with E-state index in [-0.39, 0.29) is 0 Å². The molecule has 0 unspecified atom stereocenters. The van der Waals surface area contributed by atoms with E-state index >= 15 is 0 Å². The molecule has 0 aliphatic heterocycles.